The average Bonchev–Trinajstić information content (AvgIpc) is 2.20. The highest BCUT2D eigenvalue weighted by Gasteiger charge is 2.15. The molecule has 0 saturated carbocycles. The quantitative estimate of drug-likeness (QED) is 0.671. The molecule has 72 valence electrons. The van der Waals surface area contributed by atoms with Crippen molar-refractivity contribution in [1.82, 2.24) is 0 Å². The monoisotopic (exact) mass is 186 g/mol. The number of fused-ring (bicyclic) bond motifs is 1. The van der Waals surface area contributed by atoms with Crippen LogP contribution in [0.5, 0.6) is 0 Å². The zero-order chi connectivity index (χ0) is 9.97. The Morgan fingerprint density at radius 3 is 3.14 bits per heavy atom. The molecule has 0 aliphatic carbocycles. The Bertz CT molecular complexity index is 376. The molecule has 14 heavy (non-hydrogen) atoms. The second-order valence-electron chi connectivity index (χ2n) is 3.77. The summed E-state index contributed by atoms with van der Waals surface area (Å²) < 4.78 is 0. The van der Waals surface area contributed by atoms with Gasteiger partial charge in [0.1, 0.15) is 0 Å². The molecule has 0 amide bonds. The lowest BCUT2D eigenvalue weighted by atomic mass is 9.95. The largest absolute Gasteiger partial charge is 0.374 e. The second-order valence-corrected chi connectivity index (χ2v) is 3.77. The molecule has 0 spiro atoms. The van der Waals surface area contributed by atoms with E-state index in [0.29, 0.717) is 6.42 Å². The maximum Gasteiger partial charge on any atom is 0.0669 e. The lowest BCUT2D eigenvalue weighted by Gasteiger charge is -2.28. The van der Waals surface area contributed by atoms with E-state index in [9.17, 15) is 0 Å². The molecule has 0 radical (unpaired) electrons. The fraction of sp³-hybridized carbons (Fsp3) is 0.417. The Balaban J connectivity index is 2.45. The summed E-state index contributed by atoms with van der Waals surface area (Å²) >= 11 is 0. The first-order chi connectivity index (χ1) is 6.83. The van der Waals surface area contributed by atoms with Crippen LogP contribution in [0.1, 0.15) is 17.5 Å². The van der Waals surface area contributed by atoms with Crippen LogP contribution in [0, 0.1) is 11.3 Å². The Labute approximate surface area is 84.8 Å². The highest BCUT2D eigenvalue weighted by atomic mass is 15.1. The lowest BCUT2D eigenvalue weighted by molar-refractivity contribution is 0.738. The van der Waals surface area contributed by atoms with E-state index < -0.39 is 0 Å². The van der Waals surface area contributed by atoms with Gasteiger partial charge in [-0.15, -0.1) is 0 Å². The SMILES string of the molecule is CN1CCCc2c(CC#N)cccc21. The van der Waals surface area contributed by atoms with Crippen molar-refractivity contribution in [2.45, 2.75) is 19.3 Å². The molecule has 2 heteroatoms. The molecule has 1 aromatic rings. The van der Waals surface area contributed by atoms with E-state index in [1.165, 1.54) is 23.2 Å². The van der Waals surface area contributed by atoms with E-state index in [1.807, 2.05) is 6.07 Å². The highest BCUT2D eigenvalue weighted by molar-refractivity contribution is 5.58. The van der Waals surface area contributed by atoms with Crippen LogP contribution in [-0.4, -0.2) is 13.6 Å². The van der Waals surface area contributed by atoms with Crippen molar-refractivity contribution in [2.24, 2.45) is 0 Å². The van der Waals surface area contributed by atoms with Gasteiger partial charge in [0.2, 0.25) is 0 Å². The first-order valence-electron chi connectivity index (χ1n) is 5.02. The fourth-order valence-electron chi connectivity index (χ4n) is 2.13. The minimum absolute atomic E-state index is 0.539. The van der Waals surface area contributed by atoms with Crippen LogP contribution in [0.25, 0.3) is 0 Å². The van der Waals surface area contributed by atoms with E-state index in [1.54, 1.807) is 0 Å². The minimum atomic E-state index is 0.539. The van der Waals surface area contributed by atoms with Gasteiger partial charge in [-0.1, -0.05) is 12.1 Å². The first-order valence-corrected chi connectivity index (χ1v) is 5.02. The van der Waals surface area contributed by atoms with Gasteiger partial charge in [0.25, 0.3) is 0 Å². The summed E-state index contributed by atoms with van der Waals surface area (Å²) in [6, 6.07) is 8.50. The third kappa shape index (κ3) is 1.46. The normalized spacial score (nSPS) is 14.7. The summed E-state index contributed by atoms with van der Waals surface area (Å²) in [6.45, 7) is 1.13. The van der Waals surface area contributed by atoms with Gasteiger partial charge in [0, 0.05) is 19.3 Å². The number of hydrogen-bond donors (Lipinski definition) is 0. The van der Waals surface area contributed by atoms with Crippen LogP contribution in [0.3, 0.4) is 0 Å². The average molecular weight is 186 g/mol. The molecule has 0 fully saturated rings. The molecule has 1 aromatic carbocycles. The van der Waals surface area contributed by atoms with Gasteiger partial charge < -0.3 is 4.90 Å². The van der Waals surface area contributed by atoms with Crippen LogP contribution in [-0.2, 0) is 12.8 Å². The molecular weight excluding hydrogens is 172 g/mol. The van der Waals surface area contributed by atoms with Crippen LogP contribution in [0.4, 0.5) is 5.69 Å². The molecule has 2 rings (SSSR count). The van der Waals surface area contributed by atoms with Gasteiger partial charge in [0.05, 0.1) is 12.5 Å². The maximum absolute atomic E-state index is 8.72. The number of hydrogen-bond acceptors (Lipinski definition) is 2. The van der Waals surface area contributed by atoms with E-state index >= 15 is 0 Å². The van der Waals surface area contributed by atoms with Crippen molar-refractivity contribution in [2.75, 3.05) is 18.5 Å². The van der Waals surface area contributed by atoms with Gasteiger partial charge in [-0.05, 0) is 30.0 Å². The van der Waals surface area contributed by atoms with Gasteiger partial charge in [-0.25, -0.2) is 0 Å². The zero-order valence-electron chi connectivity index (χ0n) is 8.45. The maximum atomic E-state index is 8.72. The zero-order valence-corrected chi connectivity index (χ0v) is 8.45. The molecule has 0 atom stereocenters. The number of nitriles is 1. The molecule has 2 nitrogen and oxygen atoms in total. The van der Waals surface area contributed by atoms with Crippen LogP contribution in [0.15, 0.2) is 18.2 Å². The molecule has 1 aliphatic rings. The molecule has 0 saturated heterocycles. The van der Waals surface area contributed by atoms with Gasteiger partial charge >= 0.3 is 0 Å². The number of benzene rings is 1. The number of anilines is 1. The van der Waals surface area contributed by atoms with E-state index in [0.717, 1.165) is 13.0 Å². The van der Waals surface area contributed by atoms with Gasteiger partial charge in [-0.2, -0.15) is 5.26 Å². The van der Waals surface area contributed by atoms with Crippen molar-refractivity contribution >= 4 is 5.69 Å². The van der Waals surface area contributed by atoms with Crippen molar-refractivity contribution in [1.29, 1.82) is 5.26 Å². The summed E-state index contributed by atoms with van der Waals surface area (Å²) in [6.07, 6.45) is 2.86. The highest BCUT2D eigenvalue weighted by Crippen LogP contribution is 2.28. The summed E-state index contributed by atoms with van der Waals surface area (Å²) in [5.74, 6) is 0. The molecule has 0 aromatic heterocycles. The predicted molar refractivity (Wildman–Crippen MR) is 57.4 cm³/mol. The van der Waals surface area contributed by atoms with Crippen molar-refractivity contribution in [3.8, 4) is 6.07 Å². The fourth-order valence-corrected chi connectivity index (χ4v) is 2.13. The summed E-state index contributed by atoms with van der Waals surface area (Å²) in [5.41, 5.74) is 3.89. The Morgan fingerprint density at radius 2 is 2.36 bits per heavy atom. The Morgan fingerprint density at radius 1 is 1.50 bits per heavy atom. The third-order valence-electron chi connectivity index (χ3n) is 2.85. The summed E-state index contributed by atoms with van der Waals surface area (Å²) in [4.78, 5) is 2.28. The molecule has 1 heterocycles. The minimum Gasteiger partial charge on any atom is -0.374 e. The Hall–Kier alpha value is -1.49. The van der Waals surface area contributed by atoms with E-state index in [-0.39, 0.29) is 0 Å². The van der Waals surface area contributed by atoms with E-state index in [2.05, 4.69) is 30.1 Å². The molecular formula is C12H14N2. The van der Waals surface area contributed by atoms with Crippen LogP contribution in [0.2, 0.25) is 0 Å². The standard InChI is InChI=1S/C12H14N2/c1-14-9-3-5-11-10(7-8-13)4-2-6-12(11)14/h2,4,6H,3,5,7,9H2,1H3. The van der Waals surface area contributed by atoms with Gasteiger partial charge in [-0.3, -0.25) is 0 Å². The molecule has 0 unspecified atom stereocenters. The van der Waals surface area contributed by atoms with Crippen molar-refractivity contribution in [3.05, 3.63) is 29.3 Å². The van der Waals surface area contributed by atoms with Crippen molar-refractivity contribution < 1.29 is 0 Å². The topological polar surface area (TPSA) is 27.0 Å². The second kappa shape index (κ2) is 3.71. The molecule has 1 aliphatic heterocycles. The van der Waals surface area contributed by atoms with E-state index in [4.69, 9.17) is 5.26 Å². The summed E-state index contributed by atoms with van der Waals surface area (Å²) in [7, 11) is 2.12. The number of nitrogens with zero attached hydrogens (tertiary/aromatic N) is 2. The summed E-state index contributed by atoms with van der Waals surface area (Å²) in [5, 5.41) is 8.72. The third-order valence-corrected chi connectivity index (χ3v) is 2.85. The van der Waals surface area contributed by atoms with Crippen LogP contribution >= 0.6 is 0 Å². The lowest BCUT2D eigenvalue weighted by Crippen LogP contribution is -2.25. The van der Waals surface area contributed by atoms with Gasteiger partial charge in [0.15, 0.2) is 0 Å². The van der Waals surface area contributed by atoms with Crippen LogP contribution < -0.4 is 4.90 Å². The predicted octanol–water partition coefficient (Wildman–Crippen LogP) is 2.14. The Kier molecular flexibility index (Phi) is 2.41. The number of rotatable bonds is 1. The molecule has 0 N–H and O–H groups in total. The molecule has 0 bridgehead atoms. The first kappa shape index (κ1) is 9.08. The smallest absolute Gasteiger partial charge is 0.0669 e. The van der Waals surface area contributed by atoms with Crippen molar-refractivity contribution in [3.63, 3.8) is 0 Å².